The molecule has 0 fully saturated rings. The molecule has 0 heterocycles. The highest BCUT2D eigenvalue weighted by atomic mass is 35.5. The zero-order valence-corrected chi connectivity index (χ0v) is 8.48. The molecule has 1 aromatic carbocycles. The van der Waals surface area contributed by atoms with Gasteiger partial charge >= 0.3 is 0 Å². The number of aliphatic hydroxyl groups excluding tert-OH is 1. The van der Waals surface area contributed by atoms with Gasteiger partial charge < -0.3 is 5.11 Å². The van der Waals surface area contributed by atoms with Crippen LogP contribution in [-0.2, 0) is 0 Å². The Balaban J connectivity index is 3.01. The summed E-state index contributed by atoms with van der Waals surface area (Å²) >= 11 is 10.8. The molecule has 1 N–H and O–H groups in total. The summed E-state index contributed by atoms with van der Waals surface area (Å²) in [5.74, 6) is -0.487. The first-order chi connectivity index (χ1) is 6.02. The molecule has 1 rings (SSSR count). The van der Waals surface area contributed by atoms with Gasteiger partial charge in [0.25, 0.3) is 0 Å². The van der Waals surface area contributed by atoms with E-state index in [0.29, 0.717) is 0 Å². The molecule has 0 spiro atoms. The molecule has 0 saturated heterocycles. The Bertz CT molecular complexity index is 302. The normalized spacial score (nSPS) is 13.4. The molecule has 0 aliphatic carbocycles. The van der Waals surface area contributed by atoms with Crippen LogP contribution in [0.25, 0.3) is 0 Å². The Hall–Kier alpha value is -0.310. The largest absolute Gasteiger partial charge is 0.385 e. The van der Waals surface area contributed by atoms with Gasteiger partial charge in [-0.2, -0.15) is 0 Å². The third-order valence-electron chi connectivity index (χ3n) is 1.71. The van der Waals surface area contributed by atoms with Crippen LogP contribution in [0.15, 0.2) is 18.2 Å². The number of aryl methyl sites for hydroxylation is 1. The molecule has 13 heavy (non-hydrogen) atoms. The van der Waals surface area contributed by atoms with Gasteiger partial charge in [0.1, 0.15) is 16.8 Å². The van der Waals surface area contributed by atoms with Crippen LogP contribution in [0.5, 0.6) is 0 Å². The van der Waals surface area contributed by atoms with Crippen LogP contribution in [0.3, 0.4) is 0 Å². The van der Waals surface area contributed by atoms with E-state index in [1.165, 1.54) is 12.1 Å². The zero-order valence-electron chi connectivity index (χ0n) is 6.97. The summed E-state index contributed by atoms with van der Waals surface area (Å²) in [6.07, 6.45) is -1.18. The standard InChI is InChI=1S/C9H9Cl2FO/c1-5-2-3-6(7(12)4-5)8(13)9(10)11/h2-4,8-9,13H,1H3. The SMILES string of the molecule is Cc1ccc(C(O)C(Cl)Cl)c(F)c1. The number of rotatable bonds is 2. The molecule has 0 amide bonds. The maximum absolute atomic E-state index is 13.2. The van der Waals surface area contributed by atoms with Gasteiger partial charge in [0, 0.05) is 5.56 Å². The molecule has 1 atom stereocenters. The minimum atomic E-state index is -1.18. The van der Waals surface area contributed by atoms with Gasteiger partial charge in [-0.1, -0.05) is 12.1 Å². The third kappa shape index (κ3) is 2.56. The Labute approximate surface area is 86.1 Å². The second-order valence-electron chi connectivity index (χ2n) is 2.80. The summed E-state index contributed by atoms with van der Waals surface area (Å²) in [4.78, 5) is -1.02. The van der Waals surface area contributed by atoms with Crippen LogP contribution in [0.4, 0.5) is 4.39 Å². The van der Waals surface area contributed by atoms with E-state index in [0.717, 1.165) is 5.56 Å². The van der Waals surface area contributed by atoms with Crippen molar-refractivity contribution in [2.75, 3.05) is 0 Å². The number of benzene rings is 1. The van der Waals surface area contributed by atoms with Crippen LogP contribution in [-0.4, -0.2) is 9.94 Å². The Morgan fingerprint density at radius 1 is 1.38 bits per heavy atom. The first-order valence-electron chi connectivity index (χ1n) is 3.74. The molecule has 72 valence electrons. The van der Waals surface area contributed by atoms with Gasteiger partial charge in [0.15, 0.2) is 0 Å². The minimum Gasteiger partial charge on any atom is -0.385 e. The van der Waals surface area contributed by atoms with Crippen molar-refractivity contribution in [2.45, 2.75) is 17.9 Å². The fourth-order valence-corrected chi connectivity index (χ4v) is 1.28. The molecule has 4 heteroatoms. The molecule has 0 aliphatic heterocycles. The van der Waals surface area contributed by atoms with Gasteiger partial charge in [-0.15, -0.1) is 23.2 Å². The van der Waals surface area contributed by atoms with Crippen LogP contribution >= 0.6 is 23.2 Å². The zero-order chi connectivity index (χ0) is 10.0. The van der Waals surface area contributed by atoms with Crippen molar-refractivity contribution in [1.29, 1.82) is 0 Å². The second kappa shape index (κ2) is 4.27. The van der Waals surface area contributed by atoms with E-state index in [-0.39, 0.29) is 5.56 Å². The summed E-state index contributed by atoms with van der Waals surface area (Å²) in [6, 6.07) is 4.50. The van der Waals surface area contributed by atoms with E-state index in [2.05, 4.69) is 0 Å². The summed E-state index contributed by atoms with van der Waals surface area (Å²) < 4.78 is 13.2. The van der Waals surface area contributed by atoms with Crippen molar-refractivity contribution in [3.05, 3.63) is 35.1 Å². The molecular weight excluding hydrogens is 214 g/mol. The Morgan fingerprint density at radius 3 is 2.46 bits per heavy atom. The van der Waals surface area contributed by atoms with E-state index in [4.69, 9.17) is 23.2 Å². The van der Waals surface area contributed by atoms with Crippen LogP contribution in [0.2, 0.25) is 0 Å². The summed E-state index contributed by atoms with van der Waals surface area (Å²) in [6.45, 7) is 1.76. The van der Waals surface area contributed by atoms with Gasteiger partial charge in [-0.3, -0.25) is 0 Å². The molecule has 0 saturated carbocycles. The van der Waals surface area contributed by atoms with Crippen LogP contribution in [0.1, 0.15) is 17.2 Å². The number of halogens is 3. The van der Waals surface area contributed by atoms with Crippen molar-refractivity contribution in [3.8, 4) is 0 Å². The van der Waals surface area contributed by atoms with Gasteiger partial charge in [0.2, 0.25) is 0 Å². The minimum absolute atomic E-state index is 0.126. The van der Waals surface area contributed by atoms with Crippen LogP contribution < -0.4 is 0 Å². The smallest absolute Gasteiger partial charge is 0.137 e. The first-order valence-corrected chi connectivity index (χ1v) is 4.62. The van der Waals surface area contributed by atoms with Gasteiger partial charge in [-0.25, -0.2) is 4.39 Å². The number of alkyl halides is 2. The lowest BCUT2D eigenvalue weighted by Gasteiger charge is -2.12. The lowest BCUT2D eigenvalue weighted by Crippen LogP contribution is -2.08. The quantitative estimate of drug-likeness (QED) is 0.764. The lowest BCUT2D eigenvalue weighted by atomic mass is 10.1. The third-order valence-corrected chi connectivity index (χ3v) is 2.19. The fourth-order valence-electron chi connectivity index (χ4n) is 1.01. The molecular formula is C9H9Cl2FO. The molecule has 1 unspecified atom stereocenters. The van der Waals surface area contributed by atoms with Gasteiger partial charge in [-0.05, 0) is 18.6 Å². The molecule has 0 bridgehead atoms. The molecule has 1 nitrogen and oxygen atoms in total. The Kier molecular flexibility index (Phi) is 3.54. The number of hydrogen-bond donors (Lipinski definition) is 1. The average Bonchev–Trinajstić information content (AvgIpc) is 2.03. The number of aliphatic hydroxyl groups is 1. The average molecular weight is 223 g/mol. The molecule has 0 aromatic heterocycles. The monoisotopic (exact) mass is 222 g/mol. The highest BCUT2D eigenvalue weighted by molar-refractivity contribution is 6.44. The maximum atomic E-state index is 13.2. The fraction of sp³-hybridized carbons (Fsp3) is 0.333. The van der Waals surface area contributed by atoms with E-state index >= 15 is 0 Å². The molecule has 0 aliphatic rings. The van der Waals surface area contributed by atoms with Crippen molar-refractivity contribution in [2.24, 2.45) is 0 Å². The second-order valence-corrected chi connectivity index (χ2v) is 3.97. The van der Waals surface area contributed by atoms with E-state index in [1.807, 2.05) is 0 Å². The first kappa shape index (κ1) is 10.8. The van der Waals surface area contributed by atoms with Gasteiger partial charge in [0.05, 0.1) is 0 Å². The predicted molar refractivity (Wildman–Crippen MR) is 51.6 cm³/mol. The van der Waals surface area contributed by atoms with Crippen molar-refractivity contribution in [1.82, 2.24) is 0 Å². The highest BCUT2D eigenvalue weighted by Gasteiger charge is 2.19. The molecule has 1 aromatic rings. The summed E-state index contributed by atoms with van der Waals surface area (Å²) in [7, 11) is 0. The van der Waals surface area contributed by atoms with Crippen LogP contribution in [0, 0.1) is 12.7 Å². The Morgan fingerprint density at radius 2 is 2.00 bits per heavy atom. The van der Waals surface area contributed by atoms with E-state index in [9.17, 15) is 9.50 Å². The highest BCUT2D eigenvalue weighted by Crippen LogP contribution is 2.26. The van der Waals surface area contributed by atoms with E-state index in [1.54, 1.807) is 13.0 Å². The lowest BCUT2D eigenvalue weighted by molar-refractivity contribution is 0.188. The molecule has 0 radical (unpaired) electrons. The van der Waals surface area contributed by atoms with E-state index < -0.39 is 16.8 Å². The maximum Gasteiger partial charge on any atom is 0.137 e. The topological polar surface area (TPSA) is 20.2 Å². The van der Waals surface area contributed by atoms with Crippen molar-refractivity contribution in [3.63, 3.8) is 0 Å². The number of hydrogen-bond acceptors (Lipinski definition) is 1. The summed E-state index contributed by atoms with van der Waals surface area (Å²) in [5, 5.41) is 9.37. The predicted octanol–water partition coefficient (Wildman–Crippen LogP) is 2.97. The summed E-state index contributed by atoms with van der Waals surface area (Å²) in [5.41, 5.74) is 0.912. The van der Waals surface area contributed by atoms with Crippen molar-refractivity contribution < 1.29 is 9.50 Å². The van der Waals surface area contributed by atoms with Crippen molar-refractivity contribution >= 4 is 23.2 Å².